The van der Waals surface area contributed by atoms with Gasteiger partial charge in [0.15, 0.2) is 0 Å². The van der Waals surface area contributed by atoms with Crippen LogP contribution in [-0.4, -0.2) is 25.2 Å². The van der Waals surface area contributed by atoms with Crippen LogP contribution in [-0.2, 0) is 9.47 Å². The molecule has 0 amide bonds. The molecule has 0 saturated heterocycles. The van der Waals surface area contributed by atoms with Crippen molar-refractivity contribution in [1.82, 2.24) is 0 Å². The van der Waals surface area contributed by atoms with Crippen LogP contribution in [0.4, 0.5) is 0 Å². The number of carbonyl (C=O) groups is 2. The minimum atomic E-state index is -0.443. The zero-order valence-electron chi connectivity index (χ0n) is 15.3. The van der Waals surface area contributed by atoms with Gasteiger partial charge >= 0.3 is 11.9 Å². The predicted octanol–water partition coefficient (Wildman–Crippen LogP) is 5.16. The molecule has 0 N–H and O–H groups in total. The molecule has 0 aliphatic heterocycles. The van der Waals surface area contributed by atoms with E-state index in [0.717, 1.165) is 38.5 Å². The fraction of sp³-hybridized carbons (Fsp3) is 0.619. The van der Waals surface area contributed by atoms with E-state index in [0.29, 0.717) is 30.3 Å². The molecule has 1 aliphatic carbocycles. The smallest absolute Gasteiger partial charge is 0.339 e. The van der Waals surface area contributed by atoms with Crippen molar-refractivity contribution in [1.29, 1.82) is 0 Å². The van der Waals surface area contributed by atoms with E-state index in [1.807, 2.05) is 0 Å². The van der Waals surface area contributed by atoms with Crippen molar-refractivity contribution in [3.8, 4) is 0 Å². The van der Waals surface area contributed by atoms with Gasteiger partial charge in [0.05, 0.1) is 24.3 Å². The van der Waals surface area contributed by atoms with Crippen LogP contribution >= 0.6 is 0 Å². The van der Waals surface area contributed by atoms with Gasteiger partial charge in [-0.15, -0.1) is 0 Å². The average molecular weight is 346 g/mol. The number of unbranched alkanes of at least 4 members (excludes halogenated alkanes) is 3. The van der Waals surface area contributed by atoms with Gasteiger partial charge in [-0.3, -0.25) is 0 Å². The van der Waals surface area contributed by atoms with E-state index in [2.05, 4.69) is 6.92 Å². The van der Waals surface area contributed by atoms with Crippen molar-refractivity contribution in [2.45, 2.75) is 64.7 Å². The zero-order chi connectivity index (χ0) is 17.9. The van der Waals surface area contributed by atoms with Crippen LogP contribution in [0.2, 0.25) is 0 Å². The number of benzene rings is 1. The van der Waals surface area contributed by atoms with Crippen LogP contribution in [0.5, 0.6) is 0 Å². The lowest BCUT2D eigenvalue weighted by Gasteiger charge is -2.21. The van der Waals surface area contributed by atoms with E-state index in [-0.39, 0.29) is 0 Å². The second kappa shape index (κ2) is 10.9. The highest BCUT2D eigenvalue weighted by atomic mass is 16.5. The topological polar surface area (TPSA) is 52.6 Å². The summed E-state index contributed by atoms with van der Waals surface area (Å²) in [4.78, 5) is 24.7. The Balaban J connectivity index is 1.87. The van der Waals surface area contributed by atoms with Crippen molar-refractivity contribution in [3.63, 3.8) is 0 Å². The van der Waals surface area contributed by atoms with Crippen molar-refractivity contribution in [3.05, 3.63) is 35.4 Å². The lowest BCUT2D eigenvalue weighted by Crippen LogP contribution is -2.19. The highest BCUT2D eigenvalue weighted by Crippen LogP contribution is 2.24. The Kier molecular flexibility index (Phi) is 8.50. The number of hydrogen-bond donors (Lipinski definition) is 0. The summed E-state index contributed by atoms with van der Waals surface area (Å²) in [6.07, 6.45) is 10.1. The second-order valence-electron chi connectivity index (χ2n) is 6.84. The molecule has 1 aromatic rings. The van der Waals surface area contributed by atoms with E-state index in [4.69, 9.17) is 9.47 Å². The fourth-order valence-electron chi connectivity index (χ4n) is 3.24. The average Bonchev–Trinajstić information content (AvgIpc) is 2.66. The maximum Gasteiger partial charge on any atom is 0.339 e. The van der Waals surface area contributed by atoms with E-state index in [9.17, 15) is 9.59 Å². The molecule has 138 valence electrons. The number of esters is 2. The summed E-state index contributed by atoms with van der Waals surface area (Å²) in [6, 6.07) is 6.75. The molecule has 0 radical (unpaired) electrons. The molecule has 1 fully saturated rings. The van der Waals surface area contributed by atoms with Gasteiger partial charge in [-0.25, -0.2) is 9.59 Å². The van der Waals surface area contributed by atoms with Gasteiger partial charge in [0.2, 0.25) is 0 Å². The van der Waals surface area contributed by atoms with Crippen molar-refractivity contribution < 1.29 is 19.1 Å². The Bertz CT molecular complexity index is 547. The largest absolute Gasteiger partial charge is 0.462 e. The third kappa shape index (κ3) is 6.52. The molecule has 0 bridgehead atoms. The van der Waals surface area contributed by atoms with Crippen LogP contribution < -0.4 is 0 Å². The third-order valence-electron chi connectivity index (χ3n) is 4.77. The highest BCUT2D eigenvalue weighted by molar-refractivity contribution is 6.03. The zero-order valence-corrected chi connectivity index (χ0v) is 15.3. The number of carbonyl (C=O) groups excluding carboxylic acids is 2. The van der Waals surface area contributed by atoms with E-state index >= 15 is 0 Å². The first kappa shape index (κ1) is 19.5. The van der Waals surface area contributed by atoms with Crippen molar-refractivity contribution in [2.24, 2.45) is 5.92 Å². The lowest BCUT2D eigenvalue weighted by molar-refractivity contribution is 0.0390. The van der Waals surface area contributed by atoms with Crippen molar-refractivity contribution >= 4 is 11.9 Å². The third-order valence-corrected chi connectivity index (χ3v) is 4.77. The van der Waals surface area contributed by atoms with Gasteiger partial charge in [0, 0.05) is 0 Å². The van der Waals surface area contributed by atoms with Gasteiger partial charge in [-0.05, 0) is 37.3 Å². The van der Waals surface area contributed by atoms with E-state index < -0.39 is 11.9 Å². The molecule has 0 unspecified atom stereocenters. The Hall–Kier alpha value is -1.84. The first-order valence-electron chi connectivity index (χ1n) is 9.65. The minimum Gasteiger partial charge on any atom is -0.462 e. The SMILES string of the molecule is CCCCCCOC(=O)c1ccccc1C(=O)OCC1CCCCC1. The molecule has 1 saturated carbocycles. The molecule has 0 atom stereocenters. The number of rotatable bonds is 9. The lowest BCUT2D eigenvalue weighted by atomic mass is 9.90. The van der Waals surface area contributed by atoms with Crippen LogP contribution in [0.15, 0.2) is 24.3 Å². The maximum atomic E-state index is 12.4. The quantitative estimate of drug-likeness (QED) is 0.458. The van der Waals surface area contributed by atoms with Crippen LogP contribution in [0.1, 0.15) is 85.4 Å². The highest BCUT2D eigenvalue weighted by Gasteiger charge is 2.21. The minimum absolute atomic E-state index is 0.298. The van der Waals surface area contributed by atoms with E-state index in [1.165, 1.54) is 19.3 Å². The summed E-state index contributed by atoms with van der Waals surface area (Å²) in [5, 5.41) is 0. The fourth-order valence-corrected chi connectivity index (χ4v) is 3.24. The summed E-state index contributed by atoms with van der Waals surface area (Å²) in [7, 11) is 0. The Labute approximate surface area is 150 Å². The Morgan fingerprint density at radius 3 is 2.20 bits per heavy atom. The van der Waals surface area contributed by atoms with Gasteiger partial charge in [0.1, 0.15) is 0 Å². The molecule has 25 heavy (non-hydrogen) atoms. The molecule has 1 aromatic carbocycles. The molecule has 4 heteroatoms. The molecular weight excluding hydrogens is 316 g/mol. The van der Waals surface area contributed by atoms with Gasteiger partial charge in [-0.2, -0.15) is 0 Å². The number of ether oxygens (including phenoxy) is 2. The molecule has 4 nitrogen and oxygen atoms in total. The summed E-state index contributed by atoms with van der Waals surface area (Å²) in [6.45, 7) is 2.98. The first-order valence-corrected chi connectivity index (χ1v) is 9.65. The Morgan fingerprint density at radius 1 is 0.920 bits per heavy atom. The van der Waals surface area contributed by atoms with Gasteiger partial charge < -0.3 is 9.47 Å². The van der Waals surface area contributed by atoms with Crippen LogP contribution in [0.25, 0.3) is 0 Å². The number of hydrogen-bond acceptors (Lipinski definition) is 4. The molecule has 0 spiro atoms. The molecular formula is C21H30O4. The normalized spacial score (nSPS) is 14.9. The standard InChI is InChI=1S/C21H30O4/c1-2-3-4-10-15-24-20(22)18-13-8-9-14-19(18)21(23)25-16-17-11-6-5-7-12-17/h8-9,13-14,17H,2-7,10-12,15-16H2,1H3. The van der Waals surface area contributed by atoms with E-state index in [1.54, 1.807) is 24.3 Å². The molecule has 0 aromatic heterocycles. The Morgan fingerprint density at radius 2 is 1.56 bits per heavy atom. The van der Waals surface area contributed by atoms with Crippen LogP contribution in [0, 0.1) is 5.92 Å². The maximum absolute atomic E-state index is 12.4. The van der Waals surface area contributed by atoms with Crippen LogP contribution in [0.3, 0.4) is 0 Å². The summed E-state index contributed by atoms with van der Waals surface area (Å²) in [5.41, 5.74) is 0.600. The monoisotopic (exact) mass is 346 g/mol. The summed E-state index contributed by atoms with van der Waals surface area (Å²) in [5.74, 6) is -0.416. The first-order chi connectivity index (χ1) is 12.2. The van der Waals surface area contributed by atoms with Gasteiger partial charge in [-0.1, -0.05) is 57.6 Å². The van der Waals surface area contributed by atoms with Gasteiger partial charge in [0.25, 0.3) is 0 Å². The summed E-state index contributed by atoms with van der Waals surface area (Å²) < 4.78 is 10.8. The molecule has 0 heterocycles. The summed E-state index contributed by atoms with van der Waals surface area (Å²) >= 11 is 0. The van der Waals surface area contributed by atoms with Crippen molar-refractivity contribution in [2.75, 3.05) is 13.2 Å². The predicted molar refractivity (Wildman–Crippen MR) is 97.7 cm³/mol. The second-order valence-corrected chi connectivity index (χ2v) is 6.84. The molecule has 1 aliphatic rings. The molecule has 2 rings (SSSR count).